The Morgan fingerprint density at radius 3 is 2.24 bits per heavy atom. The number of amidine groups is 1. The Kier molecular flexibility index (Phi) is 3.10. The molecule has 3 nitrogen and oxygen atoms in total. The maximum absolute atomic E-state index is 7.58. The van der Waals surface area contributed by atoms with E-state index < -0.39 is 0 Å². The van der Waals surface area contributed by atoms with Crippen molar-refractivity contribution in [3.8, 4) is 0 Å². The van der Waals surface area contributed by atoms with Gasteiger partial charge in [0.25, 0.3) is 0 Å². The molecule has 0 bridgehead atoms. The maximum Gasteiger partial charge on any atom is 0.124 e. The summed E-state index contributed by atoms with van der Waals surface area (Å²) in [5.41, 5.74) is 8.34. The zero-order chi connectivity index (χ0) is 12.3. The monoisotopic (exact) mass is 225 g/mol. The van der Waals surface area contributed by atoms with Gasteiger partial charge in [0, 0.05) is 18.3 Å². The number of hydrogen-bond donors (Lipinski definition) is 2. The summed E-state index contributed by atoms with van der Waals surface area (Å²) in [6, 6.07) is 17.7. The number of nitrogens with two attached hydrogens (primary N) is 1. The van der Waals surface area contributed by atoms with E-state index in [1.807, 2.05) is 66.5 Å². The van der Waals surface area contributed by atoms with Gasteiger partial charge < -0.3 is 10.6 Å². The summed E-state index contributed by atoms with van der Waals surface area (Å²) in [6.07, 6.45) is 0. The first-order chi connectivity index (χ1) is 8.20. The Labute approximate surface area is 101 Å². The van der Waals surface area contributed by atoms with E-state index in [9.17, 15) is 0 Å². The van der Waals surface area contributed by atoms with Crippen LogP contribution in [0.1, 0.15) is 5.56 Å². The highest BCUT2D eigenvalue weighted by Crippen LogP contribution is 2.26. The summed E-state index contributed by atoms with van der Waals surface area (Å²) in [6.45, 7) is 0. The number of benzene rings is 2. The van der Waals surface area contributed by atoms with E-state index >= 15 is 0 Å². The third kappa shape index (κ3) is 2.28. The number of nitrogens with zero attached hydrogens (tertiary/aromatic N) is 1. The quantitative estimate of drug-likeness (QED) is 0.623. The van der Waals surface area contributed by atoms with E-state index in [0.29, 0.717) is 0 Å². The van der Waals surface area contributed by atoms with Gasteiger partial charge in [-0.3, -0.25) is 5.41 Å². The summed E-state index contributed by atoms with van der Waals surface area (Å²) < 4.78 is 0. The van der Waals surface area contributed by atoms with E-state index in [1.54, 1.807) is 0 Å². The summed E-state index contributed by atoms with van der Waals surface area (Å²) in [7, 11) is 1.97. The van der Waals surface area contributed by atoms with Crippen LogP contribution in [0.5, 0.6) is 0 Å². The van der Waals surface area contributed by atoms with E-state index in [2.05, 4.69) is 0 Å². The van der Waals surface area contributed by atoms with Crippen molar-refractivity contribution in [1.82, 2.24) is 0 Å². The minimum absolute atomic E-state index is 0.0865. The van der Waals surface area contributed by atoms with E-state index in [4.69, 9.17) is 11.1 Å². The highest BCUT2D eigenvalue weighted by atomic mass is 15.1. The van der Waals surface area contributed by atoms with Gasteiger partial charge >= 0.3 is 0 Å². The number of rotatable bonds is 3. The lowest BCUT2D eigenvalue weighted by Gasteiger charge is -2.22. The van der Waals surface area contributed by atoms with Gasteiger partial charge in [-0.2, -0.15) is 0 Å². The first kappa shape index (κ1) is 11.2. The van der Waals surface area contributed by atoms with Crippen molar-refractivity contribution in [3.05, 3.63) is 60.2 Å². The van der Waals surface area contributed by atoms with Gasteiger partial charge in [-0.25, -0.2) is 0 Å². The lowest BCUT2D eigenvalue weighted by atomic mass is 10.1. The Morgan fingerprint density at radius 1 is 1.00 bits per heavy atom. The molecule has 2 aromatic rings. The largest absolute Gasteiger partial charge is 0.384 e. The van der Waals surface area contributed by atoms with Crippen molar-refractivity contribution in [3.63, 3.8) is 0 Å². The van der Waals surface area contributed by atoms with Gasteiger partial charge in [-0.15, -0.1) is 0 Å². The second kappa shape index (κ2) is 4.70. The molecule has 86 valence electrons. The van der Waals surface area contributed by atoms with E-state index in [-0.39, 0.29) is 5.84 Å². The first-order valence-electron chi connectivity index (χ1n) is 5.42. The molecular formula is C14H15N3. The Bertz CT molecular complexity index is 520. The van der Waals surface area contributed by atoms with Crippen LogP contribution in [-0.2, 0) is 0 Å². The molecule has 0 aliphatic carbocycles. The van der Waals surface area contributed by atoms with Crippen molar-refractivity contribution >= 4 is 17.2 Å². The molecule has 2 aromatic carbocycles. The lowest BCUT2D eigenvalue weighted by Crippen LogP contribution is -2.18. The minimum Gasteiger partial charge on any atom is -0.384 e. The van der Waals surface area contributed by atoms with Crippen LogP contribution in [0.4, 0.5) is 11.4 Å². The van der Waals surface area contributed by atoms with Crippen molar-refractivity contribution in [1.29, 1.82) is 5.41 Å². The fourth-order valence-corrected chi connectivity index (χ4v) is 1.78. The van der Waals surface area contributed by atoms with Crippen LogP contribution >= 0.6 is 0 Å². The average Bonchev–Trinajstić information content (AvgIpc) is 2.39. The molecule has 0 saturated carbocycles. The van der Waals surface area contributed by atoms with Gasteiger partial charge in [-0.05, 0) is 24.3 Å². The molecule has 0 radical (unpaired) electrons. The van der Waals surface area contributed by atoms with Gasteiger partial charge in [0.05, 0.1) is 5.69 Å². The van der Waals surface area contributed by atoms with Crippen LogP contribution < -0.4 is 10.6 Å². The molecule has 3 heteroatoms. The van der Waals surface area contributed by atoms with Crippen molar-refractivity contribution in [2.75, 3.05) is 11.9 Å². The molecule has 2 rings (SSSR count). The molecule has 0 fully saturated rings. The van der Waals surface area contributed by atoms with Crippen LogP contribution in [0.3, 0.4) is 0 Å². The molecule has 0 unspecified atom stereocenters. The van der Waals surface area contributed by atoms with Gasteiger partial charge in [0.15, 0.2) is 0 Å². The molecular weight excluding hydrogens is 210 g/mol. The Balaban J connectivity index is 2.44. The average molecular weight is 225 g/mol. The molecule has 17 heavy (non-hydrogen) atoms. The third-order valence-electron chi connectivity index (χ3n) is 2.70. The maximum atomic E-state index is 7.58. The number of para-hydroxylation sites is 2. The fourth-order valence-electron chi connectivity index (χ4n) is 1.78. The van der Waals surface area contributed by atoms with Crippen molar-refractivity contribution < 1.29 is 0 Å². The van der Waals surface area contributed by atoms with Crippen LogP contribution in [0.25, 0.3) is 0 Å². The Morgan fingerprint density at radius 2 is 1.59 bits per heavy atom. The number of hydrogen-bond acceptors (Lipinski definition) is 2. The number of nitrogen functional groups attached to an aromatic ring is 1. The third-order valence-corrected chi connectivity index (χ3v) is 2.70. The zero-order valence-corrected chi connectivity index (χ0v) is 9.72. The fraction of sp³-hybridized carbons (Fsp3) is 0.0714. The number of nitrogens with one attached hydrogen (secondary N) is 1. The van der Waals surface area contributed by atoms with Gasteiger partial charge in [-0.1, -0.05) is 30.3 Å². The lowest BCUT2D eigenvalue weighted by molar-refractivity contribution is 1.20. The first-order valence-corrected chi connectivity index (χ1v) is 5.42. The summed E-state index contributed by atoms with van der Waals surface area (Å²) in [4.78, 5) is 2.02. The molecule has 0 amide bonds. The minimum atomic E-state index is 0.0865. The van der Waals surface area contributed by atoms with Crippen LogP contribution in [0.15, 0.2) is 54.6 Å². The highest BCUT2D eigenvalue weighted by Gasteiger charge is 2.09. The summed E-state index contributed by atoms with van der Waals surface area (Å²) in [5.74, 6) is 0.0865. The predicted molar refractivity (Wildman–Crippen MR) is 72.0 cm³/mol. The van der Waals surface area contributed by atoms with Gasteiger partial charge in [0.2, 0.25) is 0 Å². The van der Waals surface area contributed by atoms with E-state index in [0.717, 1.165) is 16.9 Å². The molecule has 0 saturated heterocycles. The van der Waals surface area contributed by atoms with Crippen LogP contribution in [-0.4, -0.2) is 12.9 Å². The van der Waals surface area contributed by atoms with Crippen LogP contribution in [0, 0.1) is 5.41 Å². The zero-order valence-electron chi connectivity index (χ0n) is 9.72. The second-order valence-corrected chi connectivity index (χ2v) is 3.83. The molecule has 0 heterocycles. The molecule has 0 aromatic heterocycles. The normalized spacial score (nSPS) is 9.94. The predicted octanol–water partition coefficient (Wildman–Crippen LogP) is 2.74. The van der Waals surface area contributed by atoms with E-state index in [1.165, 1.54) is 0 Å². The molecule has 0 spiro atoms. The standard InChI is InChI=1S/C14H15N3/c1-17(11-7-3-2-4-8-11)13-10-6-5-9-12(13)14(15)16/h2-10H,1H3,(H3,15,16). The highest BCUT2D eigenvalue weighted by molar-refractivity contribution is 6.01. The molecule has 3 N–H and O–H groups in total. The van der Waals surface area contributed by atoms with Gasteiger partial charge in [0.1, 0.15) is 5.84 Å². The summed E-state index contributed by atoms with van der Waals surface area (Å²) >= 11 is 0. The van der Waals surface area contributed by atoms with Crippen molar-refractivity contribution in [2.45, 2.75) is 0 Å². The van der Waals surface area contributed by atoms with Crippen molar-refractivity contribution in [2.24, 2.45) is 5.73 Å². The SMILES string of the molecule is CN(c1ccccc1)c1ccccc1C(=N)N. The second-order valence-electron chi connectivity index (χ2n) is 3.83. The van der Waals surface area contributed by atoms with Crippen LogP contribution in [0.2, 0.25) is 0 Å². The topological polar surface area (TPSA) is 53.1 Å². The number of anilines is 2. The Hall–Kier alpha value is -2.29. The molecule has 0 atom stereocenters. The molecule has 0 aliphatic rings. The molecule has 0 aliphatic heterocycles. The summed E-state index contributed by atoms with van der Waals surface area (Å²) in [5, 5.41) is 7.58. The smallest absolute Gasteiger partial charge is 0.124 e.